The van der Waals surface area contributed by atoms with Gasteiger partial charge in [0, 0.05) is 8.95 Å². The van der Waals surface area contributed by atoms with E-state index in [0.29, 0.717) is 14.6 Å². The molecule has 20 heavy (non-hydrogen) atoms. The summed E-state index contributed by atoms with van der Waals surface area (Å²) in [6, 6.07) is 9.03. The Bertz CT molecular complexity index is 763. The van der Waals surface area contributed by atoms with E-state index in [1.165, 1.54) is 12.1 Å². The van der Waals surface area contributed by atoms with E-state index in [4.69, 9.17) is 0 Å². The van der Waals surface area contributed by atoms with Gasteiger partial charge in [-0.2, -0.15) is 0 Å². The first-order valence-electron chi connectivity index (χ1n) is 5.53. The predicted molar refractivity (Wildman–Crippen MR) is 83.8 cm³/mol. The third-order valence-electron chi connectivity index (χ3n) is 2.55. The van der Waals surface area contributed by atoms with Crippen LogP contribution in [0.4, 0.5) is 10.1 Å². The van der Waals surface area contributed by atoms with Crippen LogP contribution in [0.15, 0.2) is 50.2 Å². The molecule has 0 bridgehead atoms. The maximum absolute atomic E-state index is 13.8. The van der Waals surface area contributed by atoms with Crippen LogP contribution in [0.2, 0.25) is 0 Å². The number of sulfonamides is 1. The smallest absolute Gasteiger partial charge is 0.264 e. The molecule has 0 aliphatic heterocycles. The van der Waals surface area contributed by atoms with Crippen molar-refractivity contribution in [3.8, 4) is 0 Å². The largest absolute Gasteiger partial charge is 0.278 e. The third kappa shape index (κ3) is 3.39. The Hall–Kier alpha value is -0.920. The lowest BCUT2D eigenvalue weighted by Crippen LogP contribution is -2.15. The molecule has 0 amide bonds. The summed E-state index contributed by atoms with van der Waals surface area (Å²) in [5.41, 5.74) is 1.26. The maximum atomic E-state index is 13.8. The Morgan fingerprint density at radius 3 is 2.45 bits per heavy atom. The van der Waals surface area contributed by atoms with Crippen molar-refractivity contribution in [2.75, 3.05) is 4.72 Å². The van der Waals surface area contributed by atoms with E-state index in [2.05, 4.69) is 36.6 Å². The standard InChI is InChI=1S/C13H10Br2FNO2S/c1-8-2-4-10(15)12(6-8)17-20(18,19)13-5-3-9(14)7-11(13)16/h2-7,17H,1H3. The molecule has 0 aliphatic carbocycles. The number of rotatable bonds is 3. The summed E-state index contributed by atoms with van der Waals surface area (Å²) >= 11 is 6.35. The molecule has 0 spiro atoms. The Kier molecular flexibility index (Phi) is 4.51. The normalized spacial score (nSPS) is 11.4. The van der Waals surface area contributed by atoms with Crippen molar-refractivity contribution >= 4 is 47.6 Å². The summed E-state index contributed by atoms with van der Waals surface area (Å²) in [6.07, 6.45) is 0. The second kappa shape index (κ2) is 5.83. The first kappa shape index (κ1) is 15.5. The van der Waals surface area contributed by atoms with Gasteiger partial charge >= 0.3 is 0 Å². The Morgan fingerprint density at radius 1 is 1.10 bits per heavy atom. The average Bonchev–Trinajstić information content (AvgIpc) is 2.33. The van der Waals surface area contributed by atoms with Crippen LogP contribution in [0, 0.1) is 12.7 Å². The van der Waals surface area contributed by atoms with Crippen LogP contribution in [-0.2, 0) is 10.0 Å². The summed E-state index contributed by atoms with van der Waals surface area (Å²) in [4.78, 5) is -0.394. The third-order valence-corrected chi connectivity index (χ3v) is 5.13. The molecule has 0 saturated heterocycles. The molecule has 1 N–H and O–H groups in total. The maximum Gasteiger partial charge on any atom is 0.264 e. The molecule has 0 aromatic heterocycles. The molecule has 0 radical (unpaired) electrons. The van der Waals surface area contributed by atoms with E-state index in [0.717, 1.165) is 11.6 Å². The monoisotopic (exact) mass is 421 g/mol. The molecule has 0 heterocycles. The van der Waals surface area contributed by atoms with Gasteiger partial charge in [0.1, 0.15) is 10.7 Å². The average molecular weight is 423 g/mol. The van der Waals surface area contributed by atoms with Gasteiger partial charge in [0.25, 0.3) is 10.0 Å². The van der Waals surface area contributed by atoms with Crippen molar-refractivity contribution in [3.05, 3.63) is 56.7 Å². The molecule has 0 atom stereocenters. The number of halogens is 3. The zero-order chi connectivity index (χ0) is 14.9. The van der Waals surface area contributed by atoms with E-state index in [-0.39, 0.29) is 0 Å². The molecule has 3 nitrogen and oxygen atoms in total. The van der Waals surface area contributed by atoms with Crippen LogP contribution in [0.5, 0.6) is 0 Å². The molecule has 0 unspecified atom stereocenters. The number of nitrogens with one attached hydrogen (secondary N) is 1. The Morgan fingerprint density at radius 2 is 1.80 bits per heavy atom. The molecule has 106 valence electrons. The molecular formula is C13H10Br2FNO2S. The molecule has 7 heteroatoms. The van der Waals surface area contributed by atoms with Crippen LogP contribution >= 0.6 is 31.9 Å². The van der Waals surface area contributed by atoms with Crippen LogP contribution < -0.4 is 4.72 Å². The van der Waals surface area contributed by atoms with Crippen LogP contribution in [0.25, 0.3) is 0 Å². The molecular weight excluding hydrogens is 413 g/mol. The summed E-state index contributed by atoms with van der Waals surface area (Å²) in [5, 5.41) is 0. The predicted octanol–water partition coefficient (Wildman–Crippen LogP) is 4.46. The van der Waals surface area contributed by atoms with Crippen molar-refractivity contribution < 1.29 is 12.8 Å². The number of benzene rings is 2. The van der Waals surface area contributed by atoms with E-state index in [1.54, 1.807) is 12.1 Å². The highest BCUT2D eigenvalue weighted by Crippen LogP contribution is 2.27. The van der Waals surface area contributed by atoms with E-state index in [1.807, 2.05) is 13.0 Å². The zero-order valence-electron chi connectivity index (χ0n) is 10.3. The second-order valence-electron chi connectivity index (χ2n) is 4.16. The highest BCUT2D eigenvalue weighted by molar-refractivity contribution is 9.10. The minimum Gasteiger partial charge on any atom is -0.278 e. The van der Waals surface area contributed by atoms with E-state index < -0.39 is 20.7 Å². The highest BCUT2D eigenvalue weighted by Gasteiger charge is 2.20. The van der Waals surface area contributed by atoms with Crippen LogP contribution in [0.1, 0.15) is 5.56 Å². The fourth-order valence-corrected chi connectivity index (χ4v) is 3.55. The molecule has 0 aliphatic rings. The Labute approximate surface area is 133 Å². The van der Waals surface area contributed by atoms with Gasteiger partial charge in [0.15, 0.2) is 0 Å². The van der Waals surface area contributed by atoms with Gasteiger partial charge in [-0.15, -0.1) is 0 Å². The minimum absolute atomic E-state index is 0.368. The van der Waals surface area contributed by atoms with E-state index >= 15 is 0 Å². The molecule has 2 rings (SSSR count). The second-order valence-corrected chi connectivity index (χ2v) is 7.58. The van der Waals surface area contributed by atoms with Gasteiger partial charge in [-0.3, -0.25) is 4.72 Å². The SMILES string of the molecule is Cc1ccc(Br)c(NS(=O)(=O)c2ccc(Br)cc2F)c1. The first-order chi connectivity index (χ1) is 9.29. The van der Waals surface area contributed by atoms with Gasteiger partial charge < -0.3 is 0 Å². The first-order valence-corrected chi connectivity index (χ1v) is 8.60. The molecule has 0 fully saturated rings. The number of hydrogen-bond acceptors (Lipinski definition) is 2. The van der Waals surface area contributed by atoms with Gasteiger partial charge in [-0.1, -0.05) is 22.0 Å². The molecule has 2 aromatic rings. The van der Waals surface area contributed by atoms with Gasteiger partial charge in [-0.25, -0.2) is 12.8 Å². The quantitative estimate of drug-likeness (QED) is 0.793. The number of hydrogen-bond donors (Lipinski definition) is 1. The number of aryl methyl sites for hydroxylation is 1. The lowest BCUT2D eigenvalue weighted by Gasteiger charge is -2.11. The van der Waals surface area contributed by atoms with Gasteiger partial charge in [0.2, 0.25) is 0 Å². The van der Waals surface area contributed by atoms with Crippen LogP contribution in [0.3, 0.4) is 0 Å². The lowest BCUT2D eigenvalue weighted by molar-refractivity contribution is 0.570. The zero-order valence-corrected chi connectivity index (χ0v) is 14.3. The van der Waals surface area contributed by atoms with Crippen molar-refractivity contribution in [2.24, 2.45) is 0 Å². The fourth-order valence-electron chi connectivity index (χ4n) is 1.61. The summed E-state index contributed by atoms with van der Waals surface area (Å²) < 4.78 is 41.6. The van der Waals surface area contributed by atoms with Gasteiger partial charge in [-0.05, 0) is 58.7 Å². The summed E-state index contributed by atoms with van der Waals surface area (Å²) in [6.45, 7) is 1.84. The topological polar surface area (TPSA) is 46.2 Å². The van der Waals surface area contributed by atoms with Crippen molar-refractivity contribution in [1.29, 1.82) is 0 Å². The Balaban J connectivity index is 2.43. The van der Waals surface area contributed by atoms with Crippen LogP contribution in [-0.4, -0.2) is 8.42 Å². The fraction of sp³-hybridized carbons (Fsp3) is 0.0769. The number of anilines is 1. The van der Waals surface area contributed by atoms with E-state index in [9.17, 15) is 12.8 Å². The molecule has 2 aromatic carbocycles. The highest BCUT2D eigenvalue weighted by atomic mass is 79.9. The minimum atomic E-state index is -3.98. The van der Waals surface area contributed by atoms with Crippen molar-refractivity contribution in [1.82, 2.24) is 0 Å². The summed E-state index contributed by atoms with van der Waals surface area (Å²) in [5.74, 6) is -0.810. The lowest BCUT2D eigenvalue weighted by atomic mass is 10.2. The van der Waals surface area contributed by atoms with Gasteiger partial charge in [0.05, 0.1) is 5.69 Å². The van der Waals surface area contributed by atoms with Crippen molar-refractivity contribution in [3.63, 3.8) is 0 Å². The van der Waals surface area contributed by atoms with Crippen molar-refractivity contribution in [2.45, 2.75) is 11.8 Å². The summed E-state index contributed by atoms with van der Waals surface area (Å²) in [7, 11) is -3.98. The molecule has 0 saturated carbocycles.